The van der Waals surface area contributed by atoms with E-state index in [0.29, 0.717) is 26.6 Å². The summed E-state index contributed by atoms with van der Waals surface area (Å²) in [6.45, 7) is 0.910. The van der Waals surface area contributed by atoms with E-state index in [2.05, 4.69) is 9.88 Å². The lowest BCUT2D eigenvalue weighted by molar-refractivity contribution is 0.375. The second-order valence-corrected chi connectivity index (χ2v) is 8.07. The van der Waals surface area contributed by atoms with E-state index < -0.39 is 17.2 Å². The molecule has 4 nitrogen and oxygen atoms in total. The van der Waals surface area contributed by atoms with E-state index in [0.717, 1.165) is 18.5 Å². The van der Waals surface area contributed by atoms with E-state index in [4.69, 9.17) is 4.74 Å². The highest BCUT2D eigenvalue weighted by Gasteiger charge is 2.25. The highest BCUT2D eigenvalue weighted by atomic mass is 32.1. The number of hydrogen-bond donors (Lipinski definition) is 1. The number of rotatable bonds is 5. The first-order chi connectivity index (χ1) is 13.9. The summed E-state index contributed by atoms with van der Waals surface area (Å²) in [4.78, 5) is 16.9. The van der Waals surface area contributed by atoms with Gasteiger partial charge in [-0.3, -0.25) is 4.79 Å². The average molecular weight is 414 g/mol. The van der Waals surface area contributed by atoms with E-state index in [9.17, 15) is 13.6 Å². The van der Waals surface area contributed by atoms with Gasteiger partial charge >= 0.3 is 0 Å². The molecule has 7 heteroatoms. The van der Waals surface area contributed by atoms with E-state index in [-0.39, 0.29) is 11.3 Å². The summed E-state index contributed by atoms with van der Waals surface area (Å²) in [5.41, 5.74) is 1.68. The number of aromatic nitrogens is 1. The van der Waals surface area contributed by atoms with Crippen molar-refractivity contribution >= 4 is 32.3 Å². The third kappa shape index (κ3) is 3.30. The molecule has 0 bridgehead atoms. The molecule has 4 rings (SSSR count). The highest BCUT2D eigenvalue weighted by molar-refractivity contribution is 7.17. The summed E-state index contributed by atoms with van der Waals surface area (Å²) < 4.78 is 35.3. The molecule has 4 aromatic rings. The SMILES string of the molecule is COc1c(F)c(F)c2[nH]c(=O)c3sccc3c2c1-c1ccc(CCN(C)C)cc1. The molecule has 150 valence electrons. The molecule has 0 aliphatic rings. The van der Waals surface area contributed by atoms with Crippen LogP contribution in [-0.4, -0.2) is 37.6 Å². The fraction of sp³-hybridized carbons (Fsp3) is 0.227. The molecule has 0 aliphatic carbocycles. The van der Waals surface area contributed by atoms with Gasteiger partial charge in [0.1, 0.15) is 4.70 Å². The number of hydrogen-bond acceptors (Lipinski definition) is 4. The van der Waals surface area contributed by atoms with Gasteiger partial charge in [-0.25, -0.2) is 4.39 Å². The molecule has 0 saturated carbocycles. The van der Waals surface area contributed by atoms with Crippen molar-refractivity contribution in [2.75, 3.05) is 27.7 Å². The van der Waals surface area contributed by atoms with Gasteiger partial charge in [0.15, 0.2) is 11.6 Å². The Kier molecular flexibility index (Phi) is 5.10. The molecule has 0 saturated heterocycles. The maximum Gasteiger partial charge on any atom is 0.266 e. The lowest BCUT2D eigenvalue weighted by Gasteiger charge is -2.16. The van der Waals surface area contributed by atoms with Gasteiger partial charge in [-0.15, -0.1) is 11.3 Å². The van der Waals surface area contributed by atoms with Gasteiger partial charge in [0, 0.05) is 22.9 Å². The number of aromatic amines is 1. The number of nitrogens with one attached hydrogen (secondary N) is 1. The summed E-state index contributed by atoms with van der Waals surface area (Å²) >= 11 is 1.26. The minimum Gasteiger partial charge on any atom is -0.493 e. The lowest BCUT2D eigenvalue weighted by Crippen LogP contribution is -2.14. The van der Waals surface area contributed by atoms with Crippen LogP contribution in [0.25, 0.3) is 32.1 Å². The topological polar surface area (TPSA) is 45.3 Å². The molecule has 1 N–H and O–H groups in total. The summed E-state index contributed by atoms with van der Waals surface area (Å²) in [6, 6.07) is 9.46. The Morgan fingerprint density at radius 2 is 1.83 bits per heavy atom. The summed E-state index contributed by atoms with van der Waals surface area (Å²) in [5.74, 6) is -2.40. The predicted molar refractivity (Wildman–Crippen MR) is 114 cm³/mol. The number of pyridine rings is 1. The molecular formula is C22H20F2N2O2S. The van der Waals surface area contributed by atoms with Gasteiger partial charge in [-0.05, 0) is 43.1 Å². The minimum atomic E-state index is -1.12. The Morgan fingerprint density at radius 3 is 2.48 bits per heavy atom. The van der Waals surface area contributed by atoms with Crippen LogP contribution in [0.5, 0.6) is 5.75 Å². The highest BCUT2D eigenvalue weighted by Crippen LogP contribution is 2.43. The van der Waals surface area contributed by atoms with Crippen molar-refractivity contribution in [2.45, 2.75) is 6.42 Å². The first kappa shape index (κ1) is 19.5. The molecule has 2 aromatic carbocycles. The maximum absolute atomic E-state index is 14.8. The maximum atomic E-state index is 14.8. The molecule has 0 spiro atoms. The van der Waals surface area contributed by atoms with E-state index >= 15 is 0 Å². The zero-order chi connectivity index (χ0) is 20.7. The number of nitrogens with zero attached hydrogens (tertiary/aromatic N) is 1. The first-order valence-corrected chi connectivity index (χ1v) is 10.0. The third-order valence-corrected chi connectivity index (χ3v) is 5.93. The fourth-order valence-electron chi connectivity index (χ4n) is 3.56. The Hall–Kier alpha value is -2.77. The summed E-state index contributed by atoms with van der Waals surface area (Å²) in [6.07, 6.45) is 0.880. The number of likely N-dealkylation sites (N-methyl/N-ethyl adjacent to an activating group) is 1. The van der Waals surface area contributed by atoms with Crippen LogP contribution in [0.3, 0.4) is 0 Å². The Balaban J connectivity index is 2.01. The predicted octanol–water partition coefficient (Wildman–Crippen LogP) is 4.80. The van der Waals surface area contributed by atoms with Crippen molar-refractivity contribution < 1.29 is 13.5 Å². The number of thiophene rings is 1. The second kappa shape index (κ2) is 7.57. The van der Waals surface area contributed by atoms with Crippen LogP contribution in [-0.2, 0) is 6.42 Å². The van der Waals surface area contributed by atoms with Gasteiger partial charge in [-0.1, -0.05) is 24.3 Å². The summed E-state index contributed by atoms with van der Waals surface area (Å²) in [7, 11) is 5.34. The van der Waals surface area contributed by atoms with E-state index in [1.54, 1.807) is 11.4 Å². The number of methoxy groups -OCH3 is 1. The Labute approximate surface area is 170 Å². The van der Waals surface area contributed by atoms with Gasteiger partial charge in [0.05, 0.1) is 12.6 Å². The average Bonchev–Trinajstić information content (AvgIpc) is 3.20. The molecular weight excluding hydrogens is 394 g/mol. The number of halogens is 2. The van der Waals surface area contributed by atoms with Gasteiger partial charge in [0.2, 0.25) is 5.82 Å². The van der Waals surface area contributed by atoms with Crippen LogP contribution in [0.2, 0.25) is 0 Å². The van der Waals surface area contributed by atoms with Crippen molar-refractivity contribution in [2.24, 2.45) is 0 Å². The van der Waals surface area contributed by atoms with Crippen LogP contribution < -0.4 is 10.3 Å². The normalized spacial score (nSPS) is 11.7. The van der Waals surface area contributed by atoms with Gasteiger partial charge < -0.3 is 14.6 Å². The zero-order valence-corrected chi connectivity index (χ0v) is 17.1. The molecule has 0 amide bonds. The van der Waals surface area contributed by atoms with Crippen LogP contribution in [0.15, 0.2) is 40.5 Å². The van der Waals surface area contributed by atoms with Crippen molar-refractivity contribution in [3.63, 3.8) is 0 Å². The minimum absolute atomic E-state index is 0.147. The molecule has 0 unspecified atom stereocenters. The van der Waals surface area contributed by atoms with E-state index in [1.807, 2.05) is 38.4 Å². The largest absolute Gasteiger partial charge is 0.493 e. The van der Waals surface area contributed by atoms with Crippen molar-refractivity contribution in [3.05, 3.63) is 63.3 Å². The van der Waals surface area contributed by atoms with Crippen molar-refractivity contribution in [1.82, 2.24) is 9.88 Å². The monoisotopic (exact) mass is 414 g/mol. The second-order valence-electron chi connectivity index (χ2n) is 7.15. The fourth-order valence-corrected chi connectivity index (χ4v) is 4.36. The number of fused-ring (bicyclic) bond motifs is 3. The van der Waals surface area contributed by atoms with Crippen LogP contribution in [0.1, 0.15) is 5.56 Å². The smallest absolute Gasteiger partial charge is 0.266 e. The molecule has 0 aliphatic heterocycles. The lowest BCUT2D eigenvalue weighted by atomic mass is 9.95. The molecule has 0 fully saturated rings. The third-order valence-electron chi connectivity index (χ3n) is 5.01. The first-order valence-electron chi connectivity index (χ1n) is 9.14. The zero-order valence-electron chi connectivity index (χ0n) is 16.3. The molecule has 2 heterocycles. The van der Waals surface area contributed by atoms with Crippen LogP contribution in [0, 0.1) is 11.6 Å². The Morgan fingerprint density at radius 1 is 1.10 bits per heavy atom. The molecule has 0 atom stereocenters. The van der Waals surface area contributed by atoms with Gasteiger partial charge in [-0.2, -0.15) is 4.39 Å². The Bertz CT molecular complexity index is 1260. The number of H-pyrrole nitrogens is 1. The van der Waals surface area contributed by atoms with Crippen molar-refractivity contribution in [1.29, 1.82) is 0 Å². The standard InChI is InChI=1S/C22H20F2N2O2S/c1-26(2)10-8-12-4-6-13(7-5-12)15-16-14-9-11-29-21(14)22(27)25-19(16)17(23)18(24)20(15)28-3/h4-7,9,11H,8,10H2,1-3H3,(H,25,27). The van der Waals surface area contributed by atoms with Crippen LogP contribution >= 0.6 is 11.3 Å². The number of ether oxygens (including phenoxy) is 1. The molecule has 0 radical (unpaired) electrons. The van der Waals surface area contributed by atoms with Crippen LogP contribution in [0.4, 0.5) is 8.78 Å². The molecule has 2 aromatic heterocycles. The van der Waals surface area contributed by atoms with E-state index in [1.165, 1.54) is 18.4 Å². The quantitative estimate of drug-likeness (QED) is 0.510. The molecule has 29 heavy (non-hydrogen) atoms. The number of benzene rings is 2. The summed E-state index contributed by atoms with van der Waals surface area (Å²) in [5, 5.41) is 2.79. The van der Waals surface area contributed by atoms with Gasteiger partial charge in [0.25, 0.3) is 5.56 Å². The van der Waals surface area contributed by atoms with Crippen molar-refractivity contribution in [3.8, 4) is 16.9 Å².